The van der Waals surface area contributed by atoms with Crippen LogP contribution in [0.25, 0.3) is 0 Å². The van der Waals surface area contributed by atoms with Gasteiger partial charge < -0.3 is 20.9 Å². The van der Waals surface area contributed by atoms with Crippen LogP contribution in [0.1, 0.15) is 12.8 Å². The second-order valence-electron chi connectivity index (χ2n) is 8.03. The van der Waals surface area contributed by atoms with Crippen molar-refractivity contribution in [2.75, 3.05) is 41.0 Å². The van der Waals surface area contributed by atoms with Crippen molar-refractivity contribution in [2.24, 2.45) is 0 Å². The maximum absolute atomic E-state index is 14.3. The first-order valence-electron chi connectivity index (χ1n) is 10.6. The zero-order valence-corrected chi connectivity index (χ0v) is 17.4. The van der Waals surface area contributed by atoms with Gasteiger partial charge in [-0.3, -0.25) is 4.90 Å². The second kappa shape index (κ2) is 8.39. The first kappa shape index (κ1) is 19.6. The van der Waals surface area contributed by atoms with Crippen LogP contribution in [0.5, 0.6) is 0 Å². The predicted octanol–water partition coefficient (Wildman–Crippen LogP) is 4.08. The number of hydrogen-bond donors (Lipinski definition) is 3. The van der Waals surface area contributed by atoms with Crippen molar-refractivity contribution in [3.05, 3.63) is 66.6 Å². The van der Waals surface area contributed by atoms with Crippen LogP contribution < -0.4 is 20.9 Å². The van der Waals surface area contributed by atoms with Gasteiger partial charge in [0.15, 0.2) is 12.1 Å². The van der Waals surface area contributed by atoms with Gasteiger partial charge in [-0.15, -0.1) is 0 Å². The molecule has 1 unspecified atom stereocenters. The van der Waals surface area contributed by atoms with Gasteiger partial charge in [-0.25, -0.2) is 9.37 Å². The van der Waals surface area contributed by atoms with Crippen LogP contribution in [0.2, 0.25) is 0 Å². The minimum absolute atomic E-state index is 0.302. The van der Waals surface area contributed by atoms with Gasteiger partial charge in [0.05, 0.1) is 17.6 Å². The largest absolute Gasteiger partial charge is 0.351 e. The highest BCUT2D eigenvalue weighted by Gasteiger charge is 2.33. The molecule has 2 aromatic carbocycles. The van der Waals surface area contributed by atoms with E-state index in [0.29, 0.717) is 17.7 Å². The summed E-state index contributed by atoms with van der Waals surface area (Å²) < 4.78 is 14.3. The molecule has 3 heterocycles. The number of piperidine rings is 1. The summed E-state index contributed by atoms with van der Waals surface area (Å²) in [5.74, 6) is 1.07. The summed E-state index contributed by atoms with van der Waals surface area (Å²) in [7, 11) is 2.15. The summed E-state index contributed by atoms with van der Waals surface area (Å²) in [5.41, 5.74) is 2.17. The quantitative estimate of drug-likeness (QED) is 0.576. The number of hydrogen-bond acceptors (Lipinski definition) is 7. The molecule has 2 aliphatic heterocycles. The molecule has 1 atom stereocenters. The molecule has 0 saturated carbocycles. The number of para-hydroxylation sites is 2. The number of rotatable bonds is 5. The number of fused-ring (bicyclic) bond motifs is 1. The Morgan fingerprint density at radius 3 is 2.52 bits per heavy atom. The average molecular weight is 420 g/mol. The SMILES string of the molecule is CN1CCC(Nc2ncc3c(n2)N(c2ccccc2)C(Nc2ccccc2F)N3)CC1. The lowest BCUT2D eigenvalue weighted by Crippen LogP contribution is -2.39. The smallest absolute Gasteiger partial charge is 0.224 e. The number of benzene rings is 2. The Hall–Kier alpha value is -3.39. The molecule has 0 aliphatic carbocycles. The molecule has 1 fully saturated rings. The van der Waals surface area contributed by atoms with Crippen molar-refractivity contribution in [1.29, 1.82) is 0 Å². The maximum Gasteiger partial charge on any atom is 0.224 e. The first-order chi connectivity index (χ1) is 15.2. The molecular formula is C23H26FN7. The molecule has 160 valence electrons. The average Bonchev–Trinajstić information content (AvgIpc) is 3.15. The molecule has 0 spiro atoms. The van der Waals surface area contributed by atoms with Crippen molar-refractivity contribution in [3.8, 4) is 0 Å². The van der Waals surface area contributed by atoms with Crippen LogP contribution in [0.3, 0.4) is 0 Å². The number of anilines is 5. The normalized spacial score (nSPS) is 19.0. The van der Waals surface area contributed by atoms with Gasteiger partial charge in [0, 0.05) is 11.7 Å². The first-order valence-corrected chi connectivity index (χ1v) is 10.6. The fourth-order valence-electron chi connectivity index (χ4n) is 4.08. The summed E-state index contributed by atoms with van der Waals surface area (Å²) in [6.45, 7) is 2.13. The van der Waals surface area contributed by atoms with E-state index in [1.54, 1.807) is 18.3 Å². The van der Waals surface area contributed by atoms with E-state index in [-0.39, 0.29) is 5.82 Å². The number of aromatic nitrogens is 2. The Labute approximate surface area is 181 Å². The van der Waals surface area contributed by atoms with Gasteiger partial charge in [0.25, 0.3) is 0 Å². The summed E-state index contributed by atoms with van der Waals surface area (Å²) in [6, 6.07) is 17.0. The van der Waals surface area contributed by atoms with E-state index in [9.17, 15) is 4.39 Å². The van der Waals surface area contributed by atoms with Gasteiger partial charge in [-0.1, -0.05) is 30.3 Å². The minimum Gasteiger partial charge on any atom is -0.351 e. The molecule has 2 aliphatic rings. The molecule has 0 amide bonds. The molecule has 31 heavy (non-hydrogen) atoms. The monoisotopic (exact) mass is 419 g/mol. The molecule has 5 rings (SSSR count). The molecule has 8 heteroatoms. The van der Waals surface area contributed by atoms with E-state index in [1.165, 1.54) is 6.07 Å². The van der Waals surface area contributed by atoms with Crippen LogP contribution >= 0.6 is 0 Å². The Balaban J connectivity index is 1.44. The highest BCUT2D eigenvalue weighted by atomic mass is 19.1. The molecule has 1 aromatic heterocycles. The highest BCUT2D eigenvalue weighted by Crippen LogP contribution is 2.39. The Kier molecular flexibility index (Phi) is 5.30. The van der Waals surface area contributed by atoms with Gasteiger partial charge in [-0.05, 0) is 57.2 Å². The molecule has 3 N–H and O–H groups in total. The fourth-order valence-corrected chi connectivity index (χ4v) is 4.08. The Morgan fingerprint density at radius 1 is 1.00 bits per heavy atom. The summed E-state index contributed by atoms with van der Waals surface area (Å²) in [6.07, 6.45) is 3.52. The predicted molar refractivity (Wildman–Crippen MR) is 122 cm³/mol. The molecule has 0 bridgehead atoms. The van der Waals surface area contributed by atoms with Gasteiger partial charge >= 0.3 is 0 Å². The van der Waals surface area contributed by atoms with E-state index < -0.39 is 6.29 Å². The van der Waals surface area contributed by atoms with E-state index >= 15 is 0 Å². The fraction of sp³-hybridized carbons (Fsp3) is 0.304. The van der Waals surface area contributed by atoms with Crippen LogP contribution in [0.4, 0.5) is 33.2 Å². The van der Waals surface area contributed by atoms with Crippen LogP contribution in [-0.4, -0.2) is 47.3 Å². The van der Waals surface area contributed by atoms with Gasteiger partial charge in [0.1, 0.15) is 5.82 Å². The third-order valence-corrected chi connectivity index (χ3v) is 5.80. The topological polar surface area (TPSA) is 68.3 Å². The van der Waals surface area contributed by atoms with E-state index in [1.807, 2.05) is 41.3 Å². The van der Waals surface area contributed by atoms with Crippen molar-refractivity contribution in [2.45, 2.75) is 25.2 Å². The summed E-state index contributed by atoms with van der Waals surface area (Å²) in [5, 5.41) is 10.1. The number of nitrogens with one attached hydrogen (secondary N) is 3. The van der Waals surface area contributed by atoms with Crippen LogP contribution in [0.15, 0.2) is 60.8 Å². The lowest BCUT2D eigenvalue weighted by molar-refractivity contribution is 0.263. The summed E-state index contributed by atoms with van der Waals surface area (Å²) >= 11 is 0. The zero-order chi connectivity index (χ0) is 21.2. The standard InChI is InChI=1S/C23H26FN7/c1-30-13-11-16(12-14-30)26-22-25-15-20-21(29-22)31(17-7-3-2-4-8-17)23(28-20)27-19-10-6-5-9-18(19)24/h2-10,15-16,23,27-28H,11-14H2,1H3,(H,25,26,29). The minimum atomic E-state index is -0.401. The Bertz CT molecular complexity index is 1040. The third kappa shape index (κ3) is 4.11. The molecule has 0 radical (unpaired) electrons. The lowest BCUT2D eigenvalue weighted by Gasteiger charge is -2.30. The third-order valence-electron chi connectivity index (χ3n) is 5.80. The van der Waals surface area contributed by atoms with Crippen LogP contribution in [-0.2, 0) is 0 Å². The molecule has 3 aromatic rings. The van der Waals surface area contributed by atoms with Crippen molar-refractivity contribution in [3.63, 3.8) is 0 Å². The number of halogens is 1. The van der Waals surface area contributed by atoms with Crippen molar-refractivity contribution in [1.82, 2.24) is 14.9 Å². The highest BCUT2D eigenvalue weighted by molar-refractivity contribution is 5.80. The maximum atomic E-state index is 14.3. The van der Waals surface area contributed by atoms with Crippen molar-refractivity contribution < 1.29 is 4.39 Å². The number of likely N-dealkylation sites (tertiary alicyclic amines) is 1. The molecule has 1 saturated heterocycles. The van der Waals surface area contributed by atoms with E-state index in [0.717, 1.165) is 43.1 Å². The summed E-state index contributed by atoms with van der Waals surface area (Å²) in [4.78, 5) is 13.7. The zero-order valence-electron chi connectivity index (χ0n) is 17.4. The Morgan fingerprint density at radius 2 is 1.74 bits per heavy atom. The molecular weight excluding hydrogens is 393 g/mol. The van der Waals surface area contributed by atoms with Gasteiger partial charge in [-0.2, -0.15) is 4.98 Å². The van der Waals surface area contributed by atoms with Crippen LogP contribution in [0, 0.1) is 5.82 Å². The second-order valence-corrected chi connectivity index (χ2v) is 8.03. The molecule has 7 nitrogen and oxygen atoms in total. The van der Waals surface area contributed by atoms with Crippen molar-refractivity contribution >= 4 is 28.8 Å². The van der Waals surface area contributed by atoms with E-state index in [4.69, 9.17) is 4.98 Å². The lowest BCUT2D eigenvalue weighted by atomic mass is 10.1. The van der Waals surface area contributed by atoms with E-state index in [2.05, 4.69) is 32.9 Å². The number of nitrogens with zero attached hydrogens (tertiary/aromatic N) is 4. The van der Waals surface area contributed by atoms with Gasteiger partial charge in [0.2, 0.25) is 5.95 Å².